The van der Waals surface area contributed by atoms with E-state index in [1.165, 1.54) is 6.42 Å². The normalized spacial score (nSPS) is 21.9. The molecule has 3 rings (SSSR count). The highest BCUT2D eigenvalue weighted by molar-refractivity contribution is 6.01. The number of anilines is 1. The van der Waals surface area contributed by atoms with Gasteiger partial charge < -0.3 is 15.0 Å². The van der Waals surface area contributed by atoms with Crippen LogP contribution in [0.4, 0.5) is 5.69 Å². The van der Waals surface area contributed by atoms with Crippen molar-refractivity contribution < 1.29 is 9.53 Å². The number of hydrogen-bond donors (Lipinski definition) is 1. The largest absolute Gasteiger partial charge is 0.490 e. The van der Waals surface area contributed by atoms with E-state index in [-0.39, 0.29) is 11.8 Å². The second-order valence-electron chi connectivity index (χ2n) is 6.18. The van der Waals surface area contributed by atoms with Crippen molar-refractivity contribution in [3.63, 3.8) is 0 Å². The molecule has 114 valence electrons. The number of nitrogens with zero attached hydrogens (tertiary/aromatic N) is 1. The molecule has 1 N–H and O–H groups in total. The second kappa shape index (κ2) is 6.06. The van der Waals surface area contributed by atoms with Gasteiger partial charge in [-0.1, -0.05) is 6.42 Å². The van der Waals surface area contributed by atoms with Crippen molar-refractivity contribution in [3.05, 3.63) is 23.8 Å². The van der Waals surface area contributed by atoms with E-state index < -0.39 is 0 Å². The van der Waals surface area contributed by atoms with Gasteiger partial charge in [-0.2, -0.15) is 0 Å². The van der Waals surface area contributed by atoms with E-state index in [0.717, 1.165) is 42.9 Å². The first-order valence-corrected chi connectivity index (χ1v) is 7.98. The molecule has 0 bridgehead atoms. The third kappa shape index (κ3) is 2.91. The molecule has 0 aliphatic carbocycles. The van der Waals surface area contributed by atoms with Crippen LogP contribution in [-0.4, -0.2) is 37.6 Å². The van der Waals surface area contributed by atoms with Crippen LogP contribution >= 0.6 is 0 Å². The van der Waals surface area contributed by atoms with E-state index >= 15 is 0 Å². The lowest BCUT2D eigenvalue weighted by atomic mass is 9.95. The summed E-state index contributed by atoms with van der Waals surface area (Å²) in [5, 5.41) is 3.34. The maximum atomic E-state index is 12.6. The predicted octanol–water partition coefficient (Wildman–Crippen LogP) is 2.62. The Balaban J connectivity index is 1.87. The number of nitrogens with one attached hydrogen (secondary N) is 1. The van der Waals surface area contributed by atoms with Crippen molar-refractivity contribution in [1.29, 1.82) is 0 Å². The first-order valence-electron chi connectivity index (χ1n) is 7.98. The Labute approximate surface area is 126 Å². The summed E-state index contributed by atoms with van der Waals surface area (Å²) in [5.74, 6) is 1.11. The minimum Gasteiger partial charge on any atom is -0.490 e. The molecule has 1 atom stereocenters. The van der Waals surface area contributed by atoms with Crippen LogP contribution in [0.25, 0.3) is 0 Å². The number of fused-ring (bicyclic) bond motifs is 1. The Hall–Kier alpha value is -1.55. The summed E-state index contributed by atoms with van der Waals surface area (Å²) >= 11 is 0. The molecule has 1 aromatic rings. The molecule has 4 nitrogen and oxygen atoms in total. The van der Waals surface area contributed by atoms with E-state index in [9.17, 15) is 4.79 Å². The molecular weight excluding hydrogens is 264 g/mol. The van der Waals surface area contributed by atoms with Crippen LogP contribution in [0.3, 0.4) is 0 Å². The Morgan fingerprint density at radius 1 is 1.38 bits per heavy atom. The average molecular weight is 288 g/mol. The molecule has 0 radical (unpaired) electrons. The highest BCUT2D eigenvalue weighted by atomic mass is 16.5. The second-order valence-corrected chi connectivity index (χ2v) is 6.18. The predicted molar refractivity (Wildman–Crippen MR) is 84.4 cm³/mol. The molecular formula is C17H24N2O2. The Bertz CT molecular complexity index is 522. The van der Waals surface area contributed by atoms with E-state index in [2.05, 4.69) is 24.1 Å². The van der Waals surface area contributed by atoms with E-state index in [0.29, 0.717) is 12.6 Å². The standard InChI is InChI=1S/C17H24N2O2/c1-12(2)19-9-10-21-16-7-6-13(11-15(16)19)17(20)14-5-3-4-8-18-14/h6-7,11-12,14,18H,3-5,8-10H2,1-2H3. The minimum atomic E-state index is -0.0196. The van der Waals surface area contributed by atoms with Crippen LogP contribution in [0.2, 0.25) is 0 Å². The quantitative estimate of drug-likeness (QED) is 0.868. The summed E-state index contributed by atoms with van der Waals surface area (Å²) in [4.78, 5) is 14.9. The summed E-state index contributed by atoms with van der Waals surface area (Å²) in [6.45, 7) is 6.88. The van der Waals surface area contributed by atoms with Crippen LogP contribution in [0.5, 0.6) is 5.75 Å². The lowest BCUT2D eigenvalue weighted by Crippen LogP contribution is -2.41. The molecule has 4 heteroatoms. The molecule has 1 fully saturated rings. The van der Waals surface area contributed by atoms with Gasteiger partial charge >= 0.3 is 0 Å². The number of benzene rings is 1. The van der Waals surface area contributed by atoms with Gasteiger partial charge in [0.15, 0.2) is 5.78 Å². The Morgan fingerprint density at radius 3 is 2.95 bits per heavy atom. The van der Waals surface area contributed by atoms with Gasteiger partial charge in [0.2, 0.25) is 0 Å². The first kappa shape index (κ1) is 14.4. The lowest BCUT2D eigenvalue weighted by Gasteiger charge is -2.34. The number of ketones is 1. The topological polar surface area (TPSA) is 41.6 Å². The third-order valence-corrected chi connectivity index (χ3v) is 4.39. The summed E-state index contributed by atoms with van der Waals surface area (Å²) in [5.41, 5.74) is 1.85. The van der Waals surface area contributed by atoms with Crippen molar-refractivity contribution in [2.45, 2.75) is 45.2 Å². The molecule has 0 spiro atoms. The fraction of sp³-hybridized carbons (Fsp3) is 0.588. The maximum absolute atomic E-state index is 12.6. The van der Waals surface area contributed by atoms with Crippen LogP contribution in [-0.2, 0) is 0 Å². The average Bonchev–Trinajstić information content (AvgIpc) is 2.53. The van der Waals surface area contributed by atoms with Gasteiger partial charge in [0.1, 0.15) is 12.4 Å². The third-order valence-electron chi connectivity index (χ3n) is 4.39. The lowest BCUT2D eigenvalue weighted by molar-refractivity contribution is 0.0927. The summed E-state index contributed by atoms with van der Waals surface area (Å²) in [6.07, 6.45) is 3.25. The molecule has 1 aromatic carbocycles. The first-order chi connectivity index (χ1) is 10.2. The number of rotatable bonds is 3. The van der Waals surface area contributed by atoms with Gasteiger partial charge in [0.25, 0.3) is 0 Å². The fourth-order valence-corrected chi connectivity index (χ4v) is 3.20. The highest BCUT2D eigenvalue weighted by Gasteiger charge is 2.25. The van der Waals surface area contributed by atoms with Gasteiger partial charge in [-0.3, -0.25) is 4.79 Å². The molecule has 2 aliphatic heterocycles. The fourth-order valence-electron chi connectivity index (χ4n) is 3.20. The Morgan fingerprint density at radius 2 is 2.24 bits per heavy atom. The summed E-state index contributed by atoms with van der Waals surface area (Å²) in [6, 6.07) is 6.24. The van der Waals surface area contributed by atoms with Gasteiger partial charge in [0.05, 0.1) is 18.3 Å². The molecule has 0 aromatic heterocycles. The molecule has 1 unspecified atom stereocenters. The molecule has 2 heterocycles. The monoisotopic (exact) mass is 288 g/mol. The van der Waals surface area contributed by atoms with Crippen molar-refractivity contribution in [3.8, 4) is 5.75 Å². The van der Waals surface area contributed by atoms with Crippen LogP contribution in [0, 0.1) is 0 Å². The SMILES string of the molecule is CC(C)N1CCOc2ccc(C(=O)C3CCCCN3)cc21. The van der Waals surface area contributed by atoms with Crippen LogP contribution < -0.4 is 15.0 Å². The van der Waals surface area contributed by atoms with Crippen LogP contribution in [0.1, 0.15) is 43.5 Å². The highest BCUT2D eigenvalue weighted by Crippen LogP contribution is 2.34. The Kier molecular flexibility index (Phi) is 4.15. The molecule has 0 amide bonds. The number of carbonyl (C=O) groups excluding carboxylic acids is 1. The van der Waals surface area contributed by atoms with Crippen molar-refractivity contribution in [2.75, 3.05) is 24.6 Å². The molecule has 2 aliphatic rings. The number of Topliss-reactive ketones (excluding diaryl/α,β-unsaturated/α-hetero) is 1. The minimum absolute atomic E-state index is 0.0196. The van der Waals surface area contributed by atoms with Gasteiger partial charge in [-0.05, 0) is 51.4 Å². The summed E-state index contributed by atoms with van der Waals surface area (Å²) in [7, 11) is 0. The zero-order valence-corrected chi connectivity index (χ0v) is 12.9. The smallest absolute Gasteiger partial charge is 0.179 e. The van der Waals surface area contributed by atoms with Gasteiger partial charge in [-0.25, -0.2) is 0 Å². The number of hydrogen-bond acceptors (Lipinski definition) is 4. The number of carbonyl (C=O) groups is 1. The summed E-state index contributed by atoms with van der Waals surface area (Å²) < 4.78 is 5.72. The zero-order chi connectivity index (χ0) is 14.8. The molecule has 0 saturated carbocycles. The van der Waals surface area contributed by atoms with Crippen molar-refractivity contribution in [2.24, 2.45) is 0 Å². The zero-order valence-electron chi connectivity index (χ0n) is 12.9. The maximum Gasteiger partial charge on any atom is 0.179 e. The van der Waals surface area contributed by atoms with Crippen molar-refractivity contribution >= 4 is 11.5 Å². The van der Waals surface area contributed by atoms with E-state index in [1.807, 2.05) is 18.2 Å². The van der Waals surface area contributed by atoms with E-state index in [1.54, 1.807) is 0 Å². The molecule has 21 heavy (non-hydrogen) atoms. The molecule has 1 saturated heterocycles. The van der Waals surface area contributed by atoms with E-state index in [4.69, 9.17) is 4.74 Å². The number of ether oxygens (including phenoxy) is 1. The van der Waals surface area contributed by atoms with Gasteiger partial charge in [-0.15, -0.1) is 0 Å². The number of piperidine rings is 1. The van der Waals surface area contributed by atoms with Crippen LogP contribution in [0.15, 0.2) is 18.2 Å². The van der Waals surface area contributed by atoms with Gasteiger partial charge in [0, 0.05) is 11.6 Å². The van der Waals surface area contributed by atoms with Crippen molar-refractivity contribution in [1.82, 2.24) is 5.32 Å².